The Morgan fingerprint density at radius 1 is 0.264 bits per heavy atom. The van der Waals surface area contributed by atoms with Gasteiger partial charge < -0.3 is 16.7 Å². The summed E-state index contributed by atoms with van der Waals surface area (Å²) in [6.45, 7) is -9.94. The number of rotatable bonds is 0. The molecule has 14 aliphatic rings. The van der Waals surface area contributed by atoms with Crippen LogP contribution in [0.2, 0.25) is 0 Å². The largest absolute Gasteiger partial charge is 0.455 e. The average Bonchev–Trinajstić information content (AvgIpc) is 1.71. The Bertz CT molecular complexity index is 5480. The van der Waals surface area contributed by atoms with Gasteiger partial charge in [0.25, 0.3) is 18.5 Å². The average molecular weight is 2110 g/mol. The lowest BCUT2D eigenvalue weighted by molar-refractivity contribution is -0.404. The Hall–Kier alpha value is -4.90. The quantitative estimate of drug-likeness (QED) is 0.161. The second kappa shape index (κ2) is 31.8. The lowest BCUT2D eigenvalue weighted by Gasteiger charge is -2.48. The van der Waals surface area contributed by atoms with Gasteiger partial charge in [-0.3, -0.25) is 0 Å². The molecular formula is C31H24F16O60S14. The first kappa shape index (κ1) is 102. The third-order valence-corrected chi connectivity index (χ3v) is 25.7. The van der Waals surface area contributed by atoms with Crippen molar-refractivity contribution in [2.24, 2.45) is 21.7 Å². The van der Waals surface area contributed by atoms with E-state index in [1.807, 2.05) is 0 Å². The summed E-state index contributed by atoms with van der Waals surface area (Å²) in [6, 6.07) is 0. The van der Waals surface area contributed by atoms with E-state index in [1.165, 1.54) is 0 Å². The summed E-state index contributed by atoms with van der Waals surface area (Å²) in [5.74, 6) is -15.1. The van der Waals surface area contributed by atoms with E-state index in [-0.39, 0.29) is 0 Å². The van der Waals surface area contributed by atoms with Gasteiger partial charge in [0.2, 0.25) is 36.3 Å². The van der Waals surface area contributed by atoms with Gasteiger partial charge in [-0.1, -0.05) is 0 Å². The zero-order valence-electron chi connectivity index (χ0n) is 54.0. The lowest BCUT2D eigenvalue weighted by Crippen LogP contribution is -2.68. The second-order valence-corrected chi connectivity index (χ2v) is 39.0. The number of alkyl halides is 16. The van der Waals surface area contributed by atoms with Gasteiger partial charge >= 0.3 is 206 Å². The van der Waals surface area contributed by atoms with E-state index >= 15 is 0 Å². The SMILES string of the molecule is O=C1OS(=O)(=O)OC12OS(=O)(=O)OC2=O.O=C1OS(=O)(=O)OCC12COS(=O)(=O)OC2=O.O=S1(=O)OC(F)C2(C(F)O1)C(F)OS(=O)(=O)OC2F.O=S1(=O)OC(F)C2(O1)OS(=O)(=O)OC2F.O=S1(=O)OCC2(COS(=O)(=O)O2)O1.O=S1(=O)OCC2(COS(=O)(=O)OC2(F)F)C(F)(F)O1.O=S1(=O)OCC2(COS(=O)(=O)OC2C(F)(F)F)C(C(F)(F)F)O1. The second-order valence-electron chi connectivity index (χ2n) is 22.2. The predicted octanol–water partition coefficient (Wildman–Crippen LogP) is -8.05. The monoisotopic (exact) mass is 2110 g/mol. The molecule has 704 valence electrons. The highest BCUT2D eigenvalue weighted by atomic mass is 32.3. The molecule has 0 N–H and O–H groups in total. The molecule has 14 aliphatic heterocycles. The number of carbonyl (C=O) groups excluding carboxylic acids is 4. The fourth-order valence-corrected chi connectivity index (χ4v) is 20.5. The van der Waals surface area contributed by atoms with Crippen molar-refractivity contribution < 1.29 is 324 Å². The predicted molar refractivity (Wildman–Crippen MR) is 291 cm³/mol. The first-order chi connectivity index (χ1) is 53.8. The van der Waals surface area contributed by atoms with Gasteiger partial charge in [0.15, 0.2) is 17.6 Å². The molecule has 0 radical (unpaired) electrons. The molecule has 8 atom stereocenters. The van der Waals surface area contributed by atoms with Crippen LogP contribution < -0.4 is 0 Å². The highest BCUT2D eigenvalue weighted by Gasteiger charge is 2.80. The van der Waals surface area contributed by atoms with E-state index < -0.39 is 336 Å². The van der Waals surface area contributed by atoms with Gasteiger partial charge in [0.05, 0.1) is 45.1 Å². The summed E-state index contributed by atoms with van der Waals surface area (Å²) in [5, 5.41) is 0. The van der Waals surface area contributed by atoms with Gasteiger partial charge in [-0.25, -0.2) is 121 Å². The zero-order chi connectivity index (χ0) is 92.9. The maximum absolute atomic E-state index is 13.5. The molecule has 14 saturated heterocycles. The van der Waals surface area contributed by atoms with Crippen LogP contribution in [0.3, 0.4) is 0 Å². The maximum Gasteiger partial charge on any atom is 0.455 e. The molecule has 0 aromatic rings. The molecule has 121 heavy (non-hydrogen) atoms. The van der Waals surface area contributed by atoms with E-state index in [9.17, 15) is 207 Å². The number of carbonyl (C=O) groups is 4. The van der Waals surface area contributed by atoms with E-state index in [1.54, 1.807) is 0 Å². The van der Waals surface area contributed by atoms with Gasteiger partial charge in [0, 0.05) is 0 Å². The van der Waals surface area contributed by atoms with Crippen LogP contribution >= 0.6 is 0 Å². The van der Waals surface area contributed by atoms with Gasteiger partial charge in [0.1, 0.15) is 13.2 Å². The minimum Gasteiger partial charge on any atom is -0.323 e. The molecule has 14 rings (SSSR count). The standard InChI is InChI=1S/C7H6F6O8S2.2C5H4F4O8S2.C5H4O10S2.C3H2F2O8S2.C3O10S2.C3H4O8S2/c8-6(9,10)3-5(1-18-22(14,15)20-3)2-19-23(16,17)21-4(5)7(11,12)13;6-1-5(2(7)15-18(10,11)14-1)3(8)16-19(12,13)17-4(5)9;6-4(7)3(1-14-18(10,11)16-4)2-15-19(12,13)17-5(3,8)9;6-3-5(1-12-16(8,9)14-3)2-13-17(10,11)15-4(5)7;2*4-1-3(12-14(6,7)10-1)2(5)11-15(8,9)13-3;4-12(5)8-1-3(10-12)2-9-13(6,7)11-3/h3-4H,1-2H2;1-4H;1-2H2;1-2H2;1-2H;;1-2H2. The summed E-state index contributed by atoms with van der Waals surface area (Å²) in [4.78, 5) is 44.5. The van der Waals surface area contributed by atoms with Crippen LogP contribution in [0.4, 0.5) is 70.2 Å². The van der Waals surface area contributed by atoms with Crippen molar-refractivity contribution in [1.82, 2.24) is 0 Å². The van der Waals surface area contributed by atoms with E-state index in [4.69, 9.17) is 0 Å². The smallest absolute Gasteiger partial charge is 0.323 e. The molecule has 14 heterocycles. The van der Waals surface area contributed by atoms with Crippen molar-refractivity contribution in [3.63, 3.8) is 0 Å². The first-order valence-corrected chi connectivity index (χ1v) is 45.9. The van der Waals surface area contributed by atoms with Crippen LogP contribution in [-0.2, 0) is 282 Å². The van der Waals surface area contributed by atoms with Crippen molar-refractivity contribution in [3.8, 4) is 0 Å². The Labute approximate surface area is 657 Å². The Morgan fingerprint density at radius 2 is 0.529 bits per heavy atom. The van der Waals surface area contributed by atoms with Crippen molar-refractivity contribution in [2.45, 2.75) is 92.3 Å². The topological polar surface area (TPSA) is 805 Å². The maximum atomic E-state index is 13.5. The van der Waals surface area contributed by atoms with Gasteiger partial charge in [-0.2, -0.15) is 187 Å². The zero-order valence-corrected chi connectivity index (χ0v) is 65.5. The van der Waals surface area contributed by atoms with Crippen molar-refractivity contribution in [1.29, 1.82) is 0 Å². The van der Waals surface area contributed by atoms with Crippen LogP contribution in [0, 0.1) is 21.7 Å². The molecule has 14 fully saturated rings. The van der Waals surface area contributed by atoms with E-state index in [2.05, 4.69) is 117 Å². The van der Waals surface area contributed by atoms with Crippen molar-refractivity contribution in [3.05, 3.63) is 0 Å². The summed E-state index contributed by atoms with van der Waals surface area (Å²) in [5.41, 5.74) is -13.0. The molecule has 0 saturated carbocycles. The van der Waals surface area contributed by atoms with Gasteiger partial charge in [-0.15, -0.1) is 0 Å². The minimum atomic E-state index is -5.62. The van der Waals surface area contributed by atoms with Crippen LogP contribution in [0.15, 0.2) is 0 Å². The Morgan fingerprint density at radius 3 is 0.769 bits per heavy atom. The highest BCUT2D eigenvalue weighted by molar-refractivity contribution is 7.85. The van der Waals surface area contributed by atoms with Gasteiger partial charge in [-0.05, 0) is 0 Å². The third-order valence-electron chi connectivity index (χ3n) is 14.0. The van der Waals surface area contributed by atoms with Crippen LogP contribution in [0.5, 0.6) is 0 Å². The summed E-state index contributed by atoms with van der Waals surface area (Å²) in [7, 11) is -67.9. The number of hydrogen-bond donors (Lipinski definition) is 0. The minimum absolute atomic E-state index is 0.533. The Balaban J connectivity index is 0.000000177. The fourth-order valence-electron chi connectivity index (χ4n) is 8.67. The van der Waals surface area contributed by atoms with E-state index in [0.29, 0.717) is 0 Å². The normalized spacial score (nSPS) is 37.6. The molecule has 90 heteroatoms. The first-order valence-electron chi connectivity index (χ1n) is 27.2. The number of halogens is 16. The van der Waals surface area contributed by atoms with Crippen LogP contribution in [0.1, 0.15) is 0 Å². The molecule has 0 aromatic heterocycles. The molecule has 60 nitrogen and oxygen atoms in total. The van der Waals surface area contributed by atoms with Crippen molar-refractivity contribution in [2.75, 3.05) is 52.9 Å². The van der Waals surface area contributed by atoms with Crippen LogP contribution in [0.25, 0.3) is 0 Å². The molecule has 0 aromatic carbocycles. The van der Waals surface area contributed by atoms with Crippen LogP contribution in [-0.4, -0.2) is 287 Å². The third kappa shape index (κ3) is 21.6. The lowest BCUT2D eigenvalue weighted by atomic mass is 9.77. The molecule has 0 amide bonds. The summed E-state index contributed by atoms with van der Waals surface area (Å²) >= 11 is 0. The Kier molecular flexibility index (Phi) is 26.7. The summed E-state index contributed by atoms with van der Waals surface area (Å²) < 4.78 is 616. The number of hydrogen-bond acceptors (Lipinski definition) is 60. The molecule has 0 aliphatic carbocycles. The molecular weight excluding hydrogens is 2090 g/mol. The highest BCUT2D eigenvalue weighted by Crippen LogP contribution is 2.57. The summed E-state index contributed by atoms with van der Waals surface area (Å²) in [6.07, 6.45) is -48.2. The fraction of sp³-hybridized carbons (Fsp3) is 0.871. The molecule has 0 bridgehead atoms. The van der Waals surface area contributed by atoms with Crippen molar-refractivity contribution >= 4 is 169 Å². The van der Waals surface area contributed by atoms with E-state index in [0.717, 1.165) is 0 Å². The molecule has 8 unspecified atom stereocenters. The molecule has 7 spiro atoms.